The molecule has 3 amide bonds. The summed E-state index contributed by atoms with van der Waals surface area (Å²) in [4.78, 5) is 26.8. The fraction of sp³-hybridized carbons (Fsp3) is 0.133. The predicted octanol–water partition coefficient (Wildman–Crippen LogP) is 1.77. The number of halogens is 1. The zero-order chi connectivity index (χ0) is 20.5. The van der Waals surface area contributed by atoms with Gasteiger partial charge in [-0.25, -0.2) is 22.9 Å². The van der Waals surface area contributed by atoms with Crippen LogP contribution >= 0.6 is 27.3 Å². The molecule has 1 aromatic carbocycles. The second-order valence-corrected chi connectivity index (χ2v) is 9.60. The predicted molar refractivity (Wildman–Crippen MR) is 107 cm³/mol. The summed E-state index contributed by atoms with van der Waals surface area (Å²) in [6, 6.07) is 3.78. The average Bonchev–Trinajstić information content (AvgIpc) is 3.16. The minimum Gasteiger partial charge on any atom is -0.482 e. The number of sulfonamides is 1. The molecule has 0 radical (unpaired) electrons. The van der Waals surface area contributed by atoms with Crippen LogP contribution in [0.4, 0.5) is 9.93 Å². The third kappa shape index (κ3) is 4.26. The van der Waals surface area contributed by atoms with Gasteiger partial charge < -0.3 is 15.0 Å². The molecule has 0 aliphatic heterocycles. The number of urea groups is 1. The molecular formula is C15H14BrN5O5S2. The van der Waals surface area contributed by atoms with Crippen LogP contribution in [0.1, 0.15) is 0 Å². The number of para-hydroxylation sites is 1. The molecule has 148 valence electrons. The normalized spacial score (nSPS) is 11.4. The van der Waals surface area contributed by atoms with Gasteiger partial charge in [-0.2, -0.15) is 0 Å². The Morgan fingerprint density at radius 1 is 1.39 bits per heavy atom. The zero-order valence-electron chi connectivity index (χ0n) is 14.3. The summed E-state index contributed by atoms with van der Waals surface area (Å²) in [6.45, 7) is -0.351. The van der Waals surface area contributed by atoms with Crippen molar-refractivity contribution in [2.45, 2.75) is 4.90 Å². The van der Waals surface area contributed by atoms with E-state index in [0.717, 1.165) is 11.3 Å². The summed E-state index contributed by atoms with van der Waals surface area (Å²) in [5, 5.41) is 2.91. The number of nitrogens with zero attached hydrogens (tertiary/aromatic N) is 2. The van der Waals surface area contributed by atoms with Crippen molar-refractivity contribution in [3.63, 3.8) is 0 Å². The highest BCUT2D eigenvalue weighted by molar-refractivity contribution is 9.11. The lowest BCUT2D eigenvalue weighted by molar-refractivity contribution is -0.119. The number of aromatic nitrogens is 2. The topological polar surface area (TPSA) is 145 Å². The van der Waals surface area contributed by atoms with E-state index >= 15 is 0 Å². The van der Waals surface area contributed by atoms with Crippen LogP contribution in [0, 0.1) is 0 Å². The van der Waals surface area contributed by atoms with E-state index in [9.17, 15) is 18.0 Å². The summed E-state index contributed by atoms with van der Waals surface area (Å²) in [5.74, 6) is -0.372. The van der Waals surface area contributed by atoms with Crippen molar-refractivity contribution in [1.29, 1.82) is 0 Å². The van der Waals surface area contributed by atoms with Gasteiger partial charge in [0.2, 0.25) is 0 Å². The third-order valence-electron chi connectivity index (χ3n) is 3.51. The minimum atomic E-state index is -4.19. The monoisotopic (exact) mass is 487 g/mol. The van der Waals surface area contributed by atoms with Crippen molar-refractivity contribution in [2.24, 2.45) is 12.8 Å². The summed E-state index contributed by atoms with van der Waals surface area (Å²) < 4.78 is 34.9. The van der Waals surface area contributed by atoms with Crippen molar-refractivity contribution < 1.29 is 22.7 Å². The Morgan fingerprint density at radius 3 is 2.79 bits per heavy atom. The summed E-state index contributed by atoms with van der Waals surface area (Å²) in [7, 11) is -2.57. The number of carbonyl (C=O) groups is 2. The van der Waals surface area contributed by atoms with Crippen LogP contribution in [0.2, 0.25) is 0 Å². The molecular weight excluding hydrogens is 474 g/mol. The maximum Gasteiger partial charge on any atom is 0.334 e. The molecule has 3 aromatic rings. The molecule has 28 heavy (non-hydrogen) atoms. The highest BCUT2D eigenvalue weighted by Gasteiger charge is 2.24. The number of anilines is 1. The Morgan fingerprint density at radius 2 is 2.14 bits per heavy atom. The standard InChI is InChI=1S/C15H14BrN5O5S2/c1-21-6-10(8-3-2-4-9(13(8)21)26-7-12(17)22)28(24,25)20-14(23)19-15-18-5-11(16)27-15/h2-6H,7H2,1H3,(H2,17,22)(H2,18,19,20,23). The average molecular weight is 488 g/mol. The van der Waals surface area contributed by atoms with Gasteiger partial charge in [0.25, 0.3) is 15.9 Å². The molecule has 3 rings (SSSR count). The maximum atomic E-state index is 12.7. The molecule has 0 aliphatic rings. The van der Waals surface area contributed by atoms with E-state index in [1.165, 1.54) is 17.0 Å². The van der Waals surface area contributed by atoms with Gasteiger partial charge in [-0.1, -0.05) is 23.5 Å². The minimum absolute atomic E-state index is 0.120. The molecule has 0 unspecified atom stereocenters. The Kier molecular flexibility index (Phi) is 5.58. The van der Waals surface area contributed by atoms with Crippen LogP contribution in [0.15, 0.2) is 39.3 Å². The van der Waals surface area contributed by atoms with Crippen LogP contribution in [-0.4, -0.2) is 36.5 Å². The van der Waals surface area contributed by atoms with Crippen LogP contribution in [-0.2, 0) is 21.9 Å². The van der Waals surface area contributed by atoms with E-state index in [1.807, 2.05) is 4.72 Å². The highest BCUT2D eigenvalue weighted by Crippen LogP contribution is 2.32. The number of primary amides is 1. The number of amides is 3. The van der Waals surface area contributed by atoms with Crippen molar-refractivity contribution in [3.8, 4) is 5.75 Å². The summed E-state index contributed by atoms with van der Waals surface area (Å²) in [5.41, 5.74) is 5.53. The highest BCUT2D eigenvalue weighted by atomic mass is 79.9. The first-order valence-electron chi connectivity index (χ1n) is 7.61. The number of thiazole rings is 1. The van der Waals surface area contributed by atoms with Gasteiger partial charge in [-0.15, -0.1) is 0 Å². The molecule has 0 spiro atoms. The SMILES string of the molecule is Cn1cc(S(=O)(=O)NC(=O)Nc2ncc(Br)s2)c2cccc(OCC(N)=O)c21. The lowest BCUT2D eigenvalue weighted by Gasteiger charge is -2.08. The molecule has 2 aromatic heterocycles. The van der Waals surface area contributed by atoms with E-state index in [0.29, 0.717) is 14.7 Å². The van der Waals surface area contributed by atoms with Gasteiger partial charge in [-0.05, 0) is 22.0 Å². The van der Waals surface area contributed by atoms with Crippen LogP contribution < -0.4 is 20.5 Å². The van der Waals surface area contributed by atoms with Gasteiger partial charge in [0, 0.05) is 18.6 Å². The van der Waals surface area contributed by atoms with Crippen molar-refractivity contribution >= 4 is 65.3 Å². The quantitative estimate of drug-likeness (QED) is 0.482. The summed E-state index contributed by atoms with van der Waals surface area (Å²) >= 11 is 4.34. The van der Waals surface area contributed by atoms with E-state index < -0.39 is 22.0 Å². The molecule has 0 atom stereocenters. The molecule has 2 heterocycles. The first-order chi connectivity index (χ1) is 13.2. The van der Waals surface area contributed by atoms with Crippen molar-refractivity contribution in [2.75, 3.05) is 11.9 Å². The van der Waals surface area contributed by atoms with Crippen molar-refractivity contribution in [1.82, 2.24) is 14.3 Å². The largest absolute Gasteiger partial charge is 0.482 e. The number of carbonyl (C=O) groups excluding carboxylic acids is 2. The molecule has 13 heteroatoms. The summed E-state index contributed by atoms with van der Waals surface area (Å²) in [6.07, 6.45) is 2.82. The Hall–Kier alpha value is -2.64. The van der Waals surface area contributed by atoms with Gasteiger partial charge in [-0.3, -0.25) is 10.1 Å². The van der Waals surface area contributed by atoms with Crippen LogP contribution in [0.5, 0.6) is 5.75 Å². The molecule has 0 bridgehead atoms. The first kappa shape index (κ1) is 20.1. The fourth-order valence-corrected chi connectivity index (χ4v) is 4.74. The Labute approximate surface area is 171 Å². The van der Waals surface area contributed by atoms with E-state index in [-0.39, 0.29) is 22.4 Å². The lowest BCUT2D eigenvalue weighted by Crippen LogP contribution is -2.34. The number of nitrogens with two attached hydrogens (primary N) is 1. The van der Waals surface area contributed by atoms with Gasteiger partial charge in [0.1, 0.15) is 10.6 Å². The van der Waals surface area contributed by atoms with E-state index in [4.69, 9.17) is 10.5 Å². The Bertz CT molecular complexity index is 1170. The Balaban J connectivity index is 1.90. The fourth-order valence-electron chi connectivity index (χ4n) is 2.49. The van der Waals surface area contributed by atoms with E-state index in [2.05, 4.69) is 26.2 Å². The van der Waals surface area contributed by atoms with Gasteiger partial charge in [0.15, 0.2) is 11.7 Å². The number of ether oxygens (including phenoxy) is 1. The number of aryl methyl sites for hydroxylation is 1. The number of nitrogens with one attached hydrogen (secondary N) is 2. The van der Waals surface area contributed by atoms with E-state index in [1.54, 1.807) is 25.2 Å². The third-order valence-corrected chi connectivity index (χ3v) is 6.26. The molecule has 0 fully saturated rings. The van der Waals surface area contributed by atoms with Gasteiger partial charge in [0.05, 0.1) is 15.5 Å². The van der Waals surface area contributed by atoms with Crippen LogP contribution in [0.25, 0.3) is 10.9 Å². The molecule has 0 saturated heterocycles. The van der Waals surface area contributed by atoms with Crippen molar-refractivity contribution in [3.05, 3.63) is 34.4 Å². The second-order valence-electron chi connectivity index (χ2n) is 5.54. The zero-order valence-corrected chi connectivity index (χ0v) is 17.5. The number of hydrogen-bond acceptors (Lipinski definition) is 7. The number of fused-ring (bicyclic) bond motifs is 1. The maximum absolute atomic E-state index is 12.7. The molecule has 0 aliphatic carbocycles. The first-order valence-corrected chi connectivity index (χ1v) is 10.7. The number of rotatable bonds is 6. The molecule has 0 saturated carbocycles. The molecule has 4 N–H and O–H groups in total. The van der Waals surface area contributed by atoms with Gasteiger partial charge >= 0.3 is 6.03 Å². The lowest BCUT2D eigenvalue weighted by atomic mass is 10.2. The number of benzene rings is 1. The number of hydrogen-bond donors (Lipinski definition) is 3. The van der Waals surface area contributed by atoms with Crippen LogP contribution in [0.3, 0.4) is 0 Å². The second kappa shape index (κ2) is 7.77. The smallest absolute Gasteiger partial charge is 0.334 e. The molecule has 10 nitrogen and oxygen atoms in total.